The standard InChI is InChI=1S/C11H16N4O2S2/c1-7-4-9(18-8(7)2)5-14-19(16,17)11-10(12)13-6-15(11)3/h4,6,14H,5,12H2,1-3H3. The number of hydrogen-bond donors (Lipinski definition) is 2. The van der Waals surface area contributed by atoms with Crippen LogP contribution >= 0.6 is 11.3 Å². The van der Waals surface area contributed by atoms with E-state index in [1.807, 2.05) is 19.9 Å². The first-order valence-electron chi connectivity index (χ1n) is 5.63. The summed E-state index contributed by atoms with van der Waals surface area (Å²) in [7, 11) is -2.05. The Morgan fingerprint density at radius 1 is 1.47 bits per heavy atom. The molecule has 0 spiro atoms. The molecule has 0 radical (unpaired) electrons. The molecule has 2 rings (SSSR count). The number of rotatable bonds is 4. The summed E-state index contributed by atoms with van der Waals surface area (Å²) >= 11 is 1.58. The number of hydrogen-bond acceptors (Lipinski definition) is 5. The molecule has 0 fully saturated rings. The van der Waals surface area contributed by atoms with Crippen LogP contribution in [0.15, 0.2) is 17.4 Å². The van der Waals surface area contributed by atoms with E-state index in [1.54, 1.807) is 18.4 Å². The van der Waals surface area contributed by atoms with Crippen molar-refractivity contribution in [2.24, 2.45) is 7.05 Å². The SMILES string of the molecule is Cc1cc(CNS(=O)(=O)c2c(N)ncn2C)sc1C. The van der Waals surface area contributed by atoms with E-state index in [9.17, 15) is 8.42 Å². The molecule has 0 amide bonds. The van der Waals surface area contributed by atoms with Crippen LogP contribution in [0.4, 0.5) is 5.82 Å². The molecule has 0 aromatic carbocycles. The minimum Gasteiger partial charge on any atom is -0.381 e. The number of nitrogen functional groups attached to an aromatic ring is 1. The zero-order chi connectivity index (χ0) is 14.2. The summed E-state index contributed by atoms with van der Waals surface area (Å²) in [5.74, 6) is 0.00791. The molecule has 0 aliphatic heterocycles. The molecule has 2 heterocycles. The molecule has 19 heavy (non-hydrogen) atoms. The smallest absolute Gasteiger partial charge is 0.260 e. The molecule has 2 aromatic heterocycles. The maximum atomic E-state index is 12.2. The van der Waals surface area contributed by atoms with Gasteiger partial charge in [-0.25, -0.2) is 18.1 Å². The average Bonchev–Trinajstić information content (AvgIpc) is 2.81. The Balaban J connectivity index is 2.19. The predicted octanol–water partition coefficient (Wildman–Crippen LogP) is 1.16. The molecule has 104 valence electrons. The van der Waals surface area contributed by atoms with Crippen LogP contribution in [0.25, 0.3) is 0 Å². The Morgan fingerprint density at radius 2 is 2.16 bits per heavy atom. The highest BCUT2D eigenvalue weighted by Crippen LogP contribution is 2.21. The van der Waals surface area contributed by atoms with Gasteiger partial charge in [-0.2, -0.15) is 0 Å². The summed E-state index contributed by atoms with van der Waals surface area (Å²) in [6.07, 6.45) is 1.38. The lowest BCUT2D eigenvalue weighted by Crippen LogP contribution is -2.25. The summed E-state index contributed by atoms with van der Waals surface area (Å²) in [5, 5.41) is -0.00231. The second-order valence-electron chi connectivity index (χ2n) is 4.32. The maximum Gasteiger partial charge on any atom is 0.260 e. The van der Waals surface area contributed by atoms with Gasteiger partial charge in [-0.1, -0.05) is 0 Å². The highest BCUT2D eigenvalue weighted by atomic mass is 32.2. The molecule has 8 heteroatoms. The fourth-order valence-electron chi connectivity index (χ4n) is 1.74. The van der Waals surface area contributed by atoms with Crippen molar-refractivity contribution in [3.05, 3.63) is 27.7 Å². The van der Waals surface area contributed by atoms with E-state index in [1.165, 1.54) is 21.3 Å². The third kappa shape index (κ3) is 2.80. The molecule has 0 aliphatic carbocycles. The first-order chi connectivity index (χ1) is 8.81. The zero-order valence-corrected chi connectivity index (χ0v) is 12.6. The molecule has 3 N–H and O–H groups in total. The number of nitrogens with two attached hydrogens (primary N) is 1. The second kappa shape index (κ2) is 4.95. The van der Waals surface area contributed by atoms with E-state index in [-0.39, 0.29) is 17.4 Å². The monoisotopic (exact) mass is 300 g/mol. The maximum absolute atomic E-state index is 12.2. The van der Waals surface area contributed by atoms with E-state index in [2.05, 4.69) is 9.71 Å². The summed E-state index contributed by atoms with van der Waals surface area (Å²) in [6.45, 7) is 4.27. The molecular weight excluding hydrogens is 284 g/mol. The van der Waals surface area contributed by atoms with Crippen molar-refractivity contribution in [2.45, 2.75) is 25.4 Å². The van der Waals surface area contributed by atoms with Gasteiger partial charge in [0.1, 0.15) is 0 Å². The minimum atomic E-state index is -3.65. The van der Waals surface area contributed by atoms with E-state index in [0.717, 1.165) is 4.88 Å². The first kappa shape index (κ1) is 14.0. The fourth-order valence-corrected chi connectivity index (χ4v) is 4.06. The number of nitrogens with one attached hydrogen (secondary N) is 1. The van der Waals surface area contributed by atoms with Gasteiger partial charge in [0.2, 0.25) is 0 Å². The van der Waals surface area contributed by atoms with Crippen molar-refractivity contribution in [2.75, 3.05) is 5.73 Å². The quantitative estimate of drug-likeness (QED) is 0.886. The Bertz CT molecular complexity index is 661. The van der Waals surface area contributed by atoms with Gasteiger partial charge in [0.05, 0.1) is 6.33 Å². The topological polar surface area (TPSA) is 90.0 Å². The van der Waals surface area contributed by atoms with Crippen molar-refractivity contribution >= 4 is 27.2 Å². The minimum absolute atomic E-state index is 0.00231. The van der Waals surface area contributed by atoms with Gasteiger partial charge in [0, 0.05) is 23.3 Å². The van der Waals surface area contributed by atoms with Gasteiger partial charge in [-0.05, 0) is 25.5 Å². The fraction of sp³-hybridized carbons (Fsp3) is 0.364. The molecule has 0 aliphatic rings. The lowest BCUT2D eigenvalue weighted by atomic mass is 10.3. The van der Waals surface area contributed by atoms with Crippen LogP contribution in [0.2, 0.25) is 0 Å². The van der Waals surface area contributed by atoms with E-state index in [4.69, 9.17) is 5.73 Å². The Morgan fingerprint density at radius 3 is 2.63 bits per heavy atom. The number of aryl methyl sites for hydroxylation is 3. The predicted molar refractivity (Wildman–Crippen MR) is 75.4 cm³/mol. The number of sulfonamides is 1. The van der Waals surface area contributed by atoms with Crippen LogP contribution in [-0.4, -0.2) is 18.0 Å². The van der Waals surface area contributed by atoms with Gasteiger partial charge in [-0.3, -0.25) is 0 Å². The lowest BCUT2D eigenvalue weighted by molar-refractivity contribution is 0.572. The van der Waals surface area contributed by atoms with E-state index < -0.39 is 10.0 Å². The third-order valence-electron chi connectivity index (χ3n) is 2.82. The van der Waals surface area contributed by atoms with Crippen LogP contribution < -0.4 is 10.5 Å². The van der Waals surface area contributed by atoms with Crippen molar-refractivity contribution in [3.8, 4) is 0 Å². The van der Waals surface area contributed by atoms with Gasteiger partial charge in [-0.15, -0.1) is 11.3 Å². The van der Waals surface area contributed by atoms with E-state index >= 15 is 0 Å². The number of thiophene rings is 1. The normalized spacial score (nSPS) is 11.9. The Hall–Kier alpha value is -1.38. The van der Waals surface area contributed by atoms with Gasteiger partial charge >= 0.3 is 0 Å². The number of anilines is 1. The molecule has 0 unspecified atom stereocenters. The van der Waals surface area contributed by atoms with Crippen LogP contribution in [-0.2, 0) is 23.6 Å². The van der Waals surface area contributed by atoms with E-state index in [0.29, 0.717) is 0 Å². The van der Waals surface area contributed by atoms with Crippen LogP contribution in [0.3, 0.4) is 0 Å². The molecule has 2 aromatic rings. The van der Waals surface area contributed by atoms with Crippen molar-refractivity contribution < 1.29 is 8.42 Å². The number of aromatic nitrogens is 2. The highest BCUT2D eigenvalue weighted by Gasteiger charge is 2.22. The van der Waals surface area contributed by atoms with Crippen molar-refractivity contribution in [1.82, 2.24) is 14.3 Å². The molecule has 0 saturated heterocycles. The molecular formula is C11H16N4O2S2. The van der Waals surface area contributed by atoms with Gasteiger partial charge in [0.25, 0.3) is 10.0 Å². The lowest BCUT2D eigenvalue weighted by Gasteiger charge is -2.06. The number of imidazole rings is 1. The first-order valence-corrected chi connectivity index (χ1v) is 7.93. The largest absolute Gasteiger partial charge is 0.381 e. The Kier molecular flexibility index (Phi) is 3.66. The zero-order valence-electron chi connectivity index (χ0n) is 11.0. The van der Waals surface area contributed by atoms with Crippen molar-refractivity contribution in [1.29, 1.82) is 0 Å². The second-order valence-corrected chi connectivity index (χ2v) is 7.35. The molecule has 0 atom stereocenters. The van der Waals surface area contributed by atoms with Crippen LogP contribution in [0, 0.1) is 13.8 Å². The summed E-state index contributed by atoms with van der Waals surface area (Å²) in [5.41, 5.74) is 6.74. The average molecular weight is 300 g/mol. The van der Waals surface area contributed by atoms with Crippen LogP contribution in [0.1, 0.15) is 15.3 Å². The number of nitrogens with zero attached hydrogens (tertiary/aromatic N) is 2. The molecule has 0 saturated carbocycles. The summed E-state index contributed by atoms with van der Waals surface area (Å²) in [4.78, 5) is 5.94. The van der Waals surface area contributed by atoms with Crippen molar-refractivity contribution in [3.63, 3.8) is 0 Å². The molecule has 6 nitrogen and oxygen atoms in total. The molecule has 0 bridgehead atoms. The van der Waals surface area contributed by atoms with Crippen LogP contribution in [0.5, 0.6) is 0 Å². The Labute approximate surface area is 116 Å². The summed E-state index contributed by atoms with van der Waals surface area (Å²) < 4.78 is 28.2. The van der Waals surface area contributed by atoms with Gasteiger partial charge < -0.3 is 10.3 Å². The third-order valence-corrected chi connectivity index (χ3v) is 5.50. The van der Waals surface area contributed by atoms with Gasteiger partial charge in [0.15, 0.2) is 10.8 Å². The summed E-state index contributed by atoms with van der Waals surface area (Å²) in [6, 6.07) is 1.98. The highest BCUT2D eigenvalue weighted by molar-refractivity contribution is 7.89.